The van der Waals surface area contributed by atoms with E-state index in [0.717, 1.165) is 0 Å². The van der Waals surface area contributed by atoms with Gasteiger partial charge in [0, 0.05) is 32.2 Å². The molecule has 0 saturated carbocycles. The van der Waals surface area contributed by atoms with Crippen LogP contribution in [0, 0.1) is 10.1 Å². The van der Waals surface area contributed by atoms with Crippen molar-refractivity contribution in [1.29, 1.82) is 0 Å². The molecule has 0 unspecified atom stereocenters. The SMILES string of the molecule is C[C@@H](C(=O)Nc1ccccc1[N+](=O)[O-])N1CCN(C(=O)[C@@H]2COc3ccccc3O2)CC1. The molecule has 1 fully saturated rings. The molecule has 0 aromatic heterocycles. The molecular weight excluding hydrogens is 416 g/mol. The number of hydrogen-bond donors (Lipinski definition) is 1. The molecule has 0 spiro atoms. The quantitative estimate of drug-likeness (QED) is 0.558. The molecule has 2 aromatic carbocycles. The Morgan fingerprint density at radius 3 is 2.44 bits per heavy atom. The van der Waals surface area contributed by atoms with Gasteiger partial charge < -0.3 is 19.7 Å². The summed E-state index contributed by atoms with van der Waals surface area (Å²) in [5, 5.41) is 13.8. The van der Waals surface area contributed by atoms with Crippen LogP contribution in [0.4, 0.5) is 11.4 Å². The number of nitro benzene ring substituents is 1. The van der Waals surface area contributed by atoms with Gasteiger partial charge in [-0.1, -0.05) is 24.3 Å². The fourth-order valence-electron chi connectivity index (χ4n) is 3.82. The molecule has 10 heteroatoms. The third kappa shape index (κ3) is 4.50. The van der Waals surface area contributed by atoms with Crippen molar-refractivity contribution >= 4 is 23.2 Å². The van der Waals surface area contributed by atoms with Gasteiger partial charge >= 0.3 is 0 Å². The summed E-state index contributed by atoms with van der Waals surface area (Å²) in [5.74, 6) is 0.701. The van der Waals surface area contributed by atoms with E-state index in [1.54, 1.807) is 36.1 Å². The van der Waals surface area contributed by atoms with Crippen molar-refractivity contribution in [3.63, 3.8) is 0 Å². The Morgan fingerprint density at radius 2 is 1.72 bits per heavy atom. The molecule has 2 aliphatic heterocycles. The van der Waals surface area contributed by atoms with Crippen molar-refractivity contribution in [2.45, 2.75) is 19.1 Å². The van der Waals surface area contributed by atoms with Gasteiger partial charge in [-0.15, -0.1) is 0 Å². The monoisotopic (exact) mass is 440 g/mol. The van der Waals surface area contributed by atoms with Crippen molar-refractivity contribution in [1.82, 2.24) is 9.80 Å². The lowest BCUT2D eigenvalue weighted by molar-refractivity contribution is -0.383. The highest BCUT2D eigenvalue weighted by molar-refractivity contribution is 5.96. The van der Waals surface area contributed by atoms with Crippen molar-refractivity contribution in [3.05, 3.63) is 58.6 Å². The van der Waals surface area contributed by atoms with Crippen LogP contribution in [-0.4, -0.2) is 71.5 Å². The summed E-state index contributed by atoms with van der Waals surface area (Å²) < 4.78 is 11.4. The number of fused-ring (bicyclic) bond motifs is 1. The maximum Gasteiger partial charge on any atom is 0.292 e. The molecule has 2 aromatic rings. The zero-order chi connectivity index (χ0) is 22.7. The van der Waals surface area contributed by atoms with Crippen LogP contribution in [0.15, 0.2) is 48.5 Å². The van der Waals surface area contributed by atoms with E-state index in [0.29, 0.717) is 37.7 Å². The second-order valence-electron chi connectivity index (χ2n) is 7.66. The van der Waals surface area contributed by atoms with E-state index >= 15 is 0 Å². The minimum Gasteiger partial charge on any atom is -0.485 e. The predicted molar refractivity (Wildman–Crippen MR) is 116 cm³/mol. The number of nitrogens with zero attached hydrogens (tertiary/aromatic N) is 3. The number of piperazine rings is 1. The second-order valence-corrected chi connectivity index (χ2v) is 7.66. The minimum absolute atomic E-state index is 0.142. The topological polar surface area (TPSA) is 114 Å². The summed E-state index contributed by atoms with van der Waals surface area (Å²) in [6, 6.07) is 12.8. The number of carbonyl (C=O) groups excluding carboxylic acids is 2. The summed E-state index contributed by atoms with van der Waals surface area (Å²) in [6.07, 6.45) is -0.698. The Labute approximate surface area is 184 Å². The Hall–Kier alpha value is -3.66. The standard InChI is InChI=1S/C22H24N4O6/c1-15(21(27)23-16-6-2-3-7-17(16)26(29)30)24-10-12-25(13-11-24)22(28)20-14-31-18-8-4-5-9-19(18)32-20/h2-9,15,20H,10-14H2,1H3,(H,23,27)/t15-,20-/m0/s1. The minimum atomic E-state index is -0.698. The second kappa shape index (κ2) is 9.23. The molecule has 32 heavy (non-hydrogen) atoms. The van der Waals surface area contributed by atoms with Crippen LogP contribution in [0.25, 0.3) is 0 Å². The summed E-state index contributed by atoms with van der Waals surface area (Å²) >= 11 is 0. The van der Waals surface area contributed by atoms with Crippen LogP contribution in [0.2, 0.25) is 0 Å². The van der Waals surface area contributed by atoms with E-state index in [1.165, 1.54) is 12.1 Å². The molecule has 0 aliphatic carbocycles. The molecule has 1 N–H and O–H groups in total. The maximum atomic E-state index is 12.9. The highest BCUT2D eigenvalue weighted by atomic mass is 16.6. The number of ether oxygens (including phenoxy) is 2. The summed E-state index contributed by atoms with van der Waals surface area (Å²) in [6.45, 7) is 3.80. The van der Waals surface area contributed by atoms with Crippen molar-refractivity contribution < 1.29 is 24.0 Å². The number of carbonyl (C=O) groups is 2. The predicted octanol–water partition coefficient (Wildman–Crippen LogP) is 1.91. The van der Waals surface area contributed by atoms with Gasteiger partial charge in [-0.05, 0) is 25.1 Å². The Kier molecular flexibility index (Phi) is 6.22. The maximum absolute atomic E-state index is 12.9. The zero-order valence-electron chi connectivity index (χ0n) is 17.6. The lowest BCUT2D eigenvalue weighted by Gasteiger charge is -2.39. The molecular formula is C22H24N4O6. The number of nitrogens with one attached hydrogen (secondary N) is 1. The molecule has 1 saturated heterocycles. The molecule has 2 aliphatic rings. The van der Waals surface area contributed by atoms with Gasteiger partial charge in [-0.25, -0.2) is 0 Å². The molecule has 168 valence electrons. The average Bonchev–Trinajstić information content (AvgIpc) is 2.83. The zero-order valence-corrected chi connectivity index (χ0v) is 17.6. The molecule has 4 rings (SSSR count). The van der Waals surface area contributed by atoms with Crippen LogP contribution in [-0.2, 0) is 9.59 Å². The highest BCUT2D eigenvalue weighted by Gasteiger charge is 2.34. The van der Waals surface area contributed by atoms with Crippen molar-refractivity contribution in [2.24, 2.45) is 0 Å². The first-order valence-electron chi connectivity index (χ1n) is 10.4. The van der Waals surface area contributed by atoms with Gasteiger partial charge in [0.25, 0.3) is 11.6 Å². The number of amides is 2. The molecule has 2 atom stereocenters. The van der Waals surface area contributed by atoms with E-state index in [4.69, 9.17) is 9.47 Å². The Balaban J connectivity index is 1.31. The van der Waals surface area contributed by atoms with Crippen LogP contribution < -0.4 is 14.8 Å². The average molecular weight is 440 g/mol. The Bertz CT molecular complexity index is 1020. The summed E-state index contributed by atoms with van der Waals surface area (Å²) in [5.41, 5.74) is 0.0117. The van der Waals surface area contributed by atoms with Gasteiger partial charge in [-0.2, -0.15) is 0 Å². The molecule has 10 nitrogen and oxygen atoms in total. The van der Waals surface area contributed by atoms with E-state index in [1.807, 2.05) is 17.0 Å². The van der Waals surface area contributed by atoms with Crippen molar-refractivity contribution in [3.8, 4) is 11.5 Å². The number of benzene rings is 2. The molecule has 2 amide bonds. The number of para-hydroxylation sites is 4. The fraction of sp³-hybridized carbons (Fsp3) is 0.364. The first kappa shape index (κ1) is 21.6. The lowest BCUT2D eigenvalue weighted by Crippen LogP contribution is -2.57. The normalized spacial score (nSPS) is 19.2. The lowest BCUT2D eigenvalue weighted by atomic mass is 10.2. The third-order valence-corrected chi connectivity index (χ3v) is 5.70. The van der Waals surface area contributed by atoms with Crippen molar-refractivity contribution in [2.75, 3.05) is 38.1 Å². The first-order valence-corrected chi connectivity index (χ1v) is 10.4. The van der Waals surface area contributed by atoms with E-state index in [2.05, 4.69) is 5.32 Å². The van der Waals surface area contributed by atoms with Gasteiger partial charge in [-0.3, -0.25) is 24.6 Å². The fourth-order valence-corrected chi connectivity index (χ4v) is 3.82. The smallest absolute Gasteiger partial charge is 0.292 e. The van der Waals surface area contributed by atoms with Crippen LogP contribution in [0.1, 0.15) is 6.92 Å². The van der Waals surface area contributed by atoms with Crippen LogP contribution >= 0.6 is 0 Å². The number of nitro groups is 1. The van der Waals surface area contributed by atoms with Gasteiger partial charge in [0.2, 0.25) is 12.0 Å². The van der Waals surface area contributed by atoms with Gasteiger partial charge in [0.1, 0.15) is 12.3 Å². The largest absolute Gasteiger partial charge is 0.485 e. The first-order chi connectivity index (χ1) is 15.4. The van der Waals surface area contributed by atoms with Gasteiger partial charge in [0.05, 0.1) is 11.0 Å². The molecule has 0 bridgehead atoms. The third-order valence-electron chi connectivity index (χ3n) is 5.70. The van der Waals surface area contributed by atoms with Crippen LogP contribution in [0.3, 0.4) is 0 Å². The number of anilines is 1. The molecule has 0 radical (unpaired) electrons. The highest BCUT2D eigenvalue weighted by Crippen LogP contribution is 2.31. The van der Waals surface area contributed by atoms with E-state index in [-0.39, 0.29) is 29.8 Å². The van der Waals surface area contributed by atoms with Gasteiger partial charge in [0.15, 0.2) is 11.5 Å². The number of rotatable bonds is 5. The summed E-state index contributed by atoms with van der Waals surface area (Å²) in [7, 11) is 0. The van der Waals surface area contributed by atoms with Crippen LogP contribution in [0.5, 0.6) is 11.5 Å². The summed E-state index contributed by atoms with van der Waals surface area (Å²) in [4.78, 5) is 39.8. The molecule has 2 heterocycles. The van der Waals surface area contributed by atoms with E-state index < -0.39 is 17.1 Å². The number of hydrogen-bond acceptors (Lipinski definition) is 7. The Morgan fingerprint density at radius 1 is 1.06 bits per heavy atom. The van der Waals surface area contributed by atoms with E-state index in [9.17, 15) is 19.7 Å².